The molecule has 20 heavy (non-hydrogen) atoms. The summed E-state index contributed by atoms with van der Waals surface area (Å²) in [6, 6.07) is 7.70. The van der Waals surface area contributed by atoms with Gasteiger partial charge < -0.3 is 19.7 Å². The molecule has 0 saturated carbocycles. The normalized spacial score (nSPS) is 23.9. The van der Waals surface area contributed by atoms with E-state index in [0.29, 0.717) is 11.5 Å². The lowest BCUT2D eigenvalue weighted by molar-refractivity contribution is -0.141. The van der Waals surface area contributed by atoms with Crippen LogP contribution >= 0.6 is 12.4 Å². The van der Waals surface area contributed by atoms with E-state index < -0.39 is 6.10 Å². The third-order valence-corrected chi connectivity index (χ3v) is 3.71. The van der Waals surface area contributed by atoms with Crippen molar-refractivity contribution in [1.29, 1.82) is 0 Å². The molecular formula is C14H19ClN2O3. The topological polar surface area (TPSA) is 50.8 Å². The van der Waals surface area contributed by atoms with Crippen molar-refractivity contribution >= 4 is 18.3 Å². The van der Waals surface area contributed by atoms with Crippen LogP contribution in [0.15, 0.2) is 24.3 Å². The molecule has 0 bridgehead atoms. The van der Waals surface area contributed by atoms with Crippen molar-refractivity contribution in [1.82, 2.24) is 10.2 Å². The highest BCUT2D eigenvalue weighted by atomic mass is 35.5. The van der Waals surface area contributed by atoms with Crippen molar-refractivity contribution in [3.63, 3.8) is 0 Å². The summed E-state index contributed by atoms with van der Waals surface area (Å²) >= 11 is 0. The minimum atomic E-state index is -0.541. The van der Waals surface area contributed by atoms with Gasteiger partial charge in [0.05, 0.1) is 0 Å². The van der Waals surface area contributed by atoms with E-state index in [9.17, 15) is 4.79 Å². The van der Waals surface area contributed by atoms with Crippen LogP contribution in [0.3, 0.4) is 0 Å². The second-order valence-corrected chi connectivity index (χ2v) is 4.96. The van der Waals surface area contributed by atoms with Crippen LogP contribution in [-0.2, 0) is 4.79 Å². The summed E-state index contributed by atoms with van der Waals surface area (Å²) in [5, 5.41) is 3.26. The third kappa shape index (κ3) is 2.83. The van der Waals surface area contributed by atoms with Crippen molar-refractivity contribution in [3.05, 3.63) is 24.3 Å². The van der Waals surface area contributed by atoms with Crippen LogP contribution in [0.5, 0.6) is 11.5 Å². The highest BCUT2D eigenvalue weighted by Gasteiger charge is 2.33. The molecule has 1 N–H and O–H groups in total. The second kappa shape index (κ2) is 6.33. The van der Waals surface area contributed by atoms with Crippen LogP contribution in [0.2, 0.25) is 0 Å². The zero-order valence-corrected chi connectivity index (χ0v) is 12.2. The Kier molecular flexibility index (Phi) is 4.73. The van der Waals surface area contributed by atoms with E-state index in [0.717, 1.165) is 19.5 Å². The summed E-state index contributed by atoms with van der Waals surface area (Å²) in [6.45, 7) is 2.10. The number of hydrogen-bond acceptors (Lipinski definition) is 4. The molecule has 1 amide bonds. The number of ether oxygens (including phenoxy) is 2. The number of halogens is 1. The van der Waals surface area contributed by atoms with Gasteiger partial charge in [-0.05, 0) is 25.1 Å². The number of carbonyl (C=O) groups excluding carboxylic acids is 1. The zero-order chi connectivity index (χ0) is 13.2. The van der Waals surface area contributed by atoms with Crippen LogP contribution < -0.4 is 14.8 Å². The van der Waals surface area contributed by atoms with Gasteiger partial charge in [-0.25, -0.2) is 0 Å². The first-order chi connectivity index (χ1) is 9.25. The Hall–Kier alpha value is -1.46. The Morgan fingerprint density at radius 2 is 2.10 bits per heavy atom. The van der Waals surface area contributed by atoms with Crippen molar-refractivity contribution in [2.24, 2.45) is 0 Å². The lowest BCUT2D eigenvalue weighted by atomic mass is 10.2. The van der Waals surface area contributed by atoms with Gasteiger partial charge in [-0.15, -0.1) is 12.4 Å². The SMILES string of the molecule is CN(C(=O)C1COc2ccccc2O1)[C@@H]1CCNC1.Cl. The molecule has 1 unspecified atom stereocenters. The van der Waals surface area contributed by atoms with Gasteiger partial charge >= 0.3 is 0 Å². The Balaban J connectivity index is 0.00000147. The first-order valence-corrected chi connectivity index (χ1v) is 6.61. The number of rotatable bonds is 2. The minimum Gasteiger partial charge on any atom is -0.485 e. The Morgan fingerprint density at radius 3 is 2.80 bits per heavy atom. The molecule has 0 aliphatic carbocycles. The molecule has 2 aliphatic rings. The van der Waals surface area contributed by atoms with Gasteiger partial charge in [0.2, 0.25) is 6.10 Å². The summed E-state index contributed by atoms with van der Waals surface area (Å²) in [6.07, 6.45) is 0.451. The highest BCUT2D eigenvalue weighted by molar-refractivity contribution is 5.85. The van der Waals surface area contributed by atoms with E-state index in [-0.39, 0.29) is 31.0 Å². The predicted molar refractivity (Wildman–Crippen MR) is 77.6 cm³/mol. The summed E-state index contributed by atoms with van der Waals surface area (Å²) < 4.78 is 11.3. The molecular weight excluding hydrogens is 280 g/mol. The Bertz CT molecular complexity index is 477. The fraction of sp³-hybridized carbons (Fsp3) is 0.500. The van der Waals surface area contributed by atoms with E-state index in [4.69, 9.17) is 9.47 Å². The molecule has 2 atom stereocenters. The lowest BCUT2D eigenvalue weighted by Crippen LogP contribution is -2.49. The molecule has 5 nitrogen and oxygen atoms in total. The molecule has 2 aliphatic heterocycles. The van der Waals surface area contributed by atoms with Crippen LogP contribution in [0.1, 0.15) is 6.42 Å². The third-order valence-electron chi connectivity index (χ3n) is 3.71. The summed E-state index contributed by atoms with van der Waals surface area (Å²) in [5.74, 6) is 1.34. The molecule has 0 aromatic heterocycles. The number of nitrogens with one attached hydrogen (secondary N) is 1. The number of amides is 1. The van der Waals surface area contributed by atoms with Crippen LogP contribution in [-0.4, -0.2) is 49.7 Å². The van der Waals surface area contributed by atoms with Crippen LogP contribution in [0.4, 0.5) is 0 Å². The van der Waals surface area contributed by atoms with Crippen molar-refractivity contribution in [2.45, 2.75) is 18.6 Å². The summed E-state index contributed by atoms with van der Waals surface area (Å²) in [5.41, 5.74) is 0. The highest BCUT2D eigenvalue weighted by Crippen LogP contribution is 2.31. The number of nitrogens with zero attached hydrogens (tertiary/aromatic N) is 1. The average Bonchev–Trinajstić information content (AvgIpc) is 2.99. The van der Waals surface area contributed by atoms with Crippen LogP contribution in [0.25, 0.3) is 0 Å². The zero-order valence-electron chi connectivity index (χ0n) is 11.4. The number of fused-ring (bicyclic) bond motifs is 1. The number of likely N-dealkylation sites (N-methyl/N-ethyl adjacent to an activating group) is 1. The number of carbonyl (C=O) groups is 1. The monoisotopic (exact) mass is 298 g/mol. The van der Waals surface area contributed by atoms with E-state index in [1.54, 1.807) is 4.90 Å². The van der Waals surface area contributed by atoms with E-state index in [2.05, 4.69) is 5.32 Å². The first kappa shape index (κ1) is 14.9. The maximum Gasteiger partial charge on any atom is 0.267 e. The molecule has 0 spiro atoms. The van der Waals surface area contributed by atoms with Gasteiger partial charge in [0.15, 0.2) is 11.5 Å². The van der Waals surface area contributed by atoms with Gasteiger partial charge in [0, 0.05) is 19.6 Å². The van der Waals surface area contributed by atoms with Crippen LogP contribution in [0, 0.1) is 0 Å². The summed E-state index contributed by atoms with van der Waals surface area (Å²) in [7, 11) is 1.84. The molecule has 1 aromatic rings. The maximum absolute atomic E-state index is 12.4. The van der Waals surface area contributed by atoms with Crippen molar-refractivity contribution in [2.75, 3.05) is 26.7 Å². The van der Waals surface area contributed by atoms with Gasteiger partial charge in [0.1, 0.15) is 6.61 Å². The summed E-state index contributed by atoms with van der Waals surface area (Å²) in [4.78, 5) is 14.2. The Labute approximate surface area is 124 Å². The standard InChI is InChI=1S/C14H18N2O3.ClH/c1-16(10-6-7-15-8-10)14(17)13-9-18-11-4-2-3-5-12(11)19-13;/h2-5,10,13,15H,6-9H2,1H3;1H/t10-,13?;/m1./s1. The predicted octanol–water partition coefficient (Wildman–Crippen LogP) is 1.07. The fourth-order valence-electron chi connectivity index (χ4n) is 2.52. The molecule has 110 valence electrons. The minimum absolute atomic E-state index is 0. The smallest absolute Gasteiger partial charge is 0.267 e. The fourth-order valence-corrected chi connectivity index (χ4v) is 2.52. The largest absolute Gasteiger partial charge is 0.485 e. The number of hydrogen-bond donors (Lipinski definition) is 1. The van der Waals surface area contributed by atoms with Gasteiger partial charge in [-0.1, -0.05) is 12.1 Å². The molecule has 1 fully saturated rings. The number of benzene rings is 1. The van der Waals surface area contributed by atoms with Gasteiger partial charge in [0.25, 0.3) is 5.91 Å². The second-order valence-electron chi connectivity index (χ2n) is 4.96. The molecule has 6 heteroatoms. The molecule has 0 radical (unpaired) electrons. The average molecular weight is 299 g/mol. The first-order valence-electron chi connectivity index (χ1n) is 6.61. The molecule has 1 aromatic carbocycles. The van der Waals surface area contributed by atoms with Gasteiger partial charge in [-0.3, -0.25) is 4.79 Å². The quantitative estimate of drug-likeness (QED) is 0.887. The van der Waals surface area contributed by atoms with Crippen molar-refractivity contribution in [3.8, 4) is 11.5 Å². The molecule has 2 heterocycles. The number of para-hydroxylation sites is 2. The van der Waals surface area contributed by atoms with E-state index >= 15 is 0 Å². The lowest BCUT2D eigenvalue weighted by Gasteiger charge is -2.31. The molecule has 1 saturated heterocycles. The molecule has 3 rings (SSSR count). The van der Waals surface area contributed by atoms with E-state index in [1.807, 2.05) is 31.3 Å². The van der Waals surface area contributed by atoms with Crippen molar-refractivity contribution < 1.29 is 14.3 Å². The van der Waals surface area contributed by atoms with E-state index in [1.165, 1.54) is 0 Å². The van der Waals surface area contributed by atoms with Gasteiger partial charge in [-0.2, -0.15) is 0 Å². The Morgan fingerprint density at radius 1 is 1.35 bits per heavy atom. The maximum atomic E-state index is 12.4.